The van der Waals surface area contributed by atoms with Crippen molar-refractivity contribution in [3.8, 4) is 0 Å². The summed E-state index contributed by atoms with van der Waals surface area (Å²) in [4.78, 5) is 14.9. The number of carbonyl (C=O) groups is 1. The Morgan fingerprint density at radius 1 is 1.11 bits per heavy atom. The first-order chi connectivity index (χ1) is 8.97. The van der Waals surface area contributed by atoms with Crippen LogP contribution in [-0.2, 0) is 0 Å². The number of halogens is 4. The molecule has 98 valence electrons. The summed E-state index contributed by atoms with van der Waals surface area (Å²) in [6, 6.07) is 2.94. The molecule has 1 heterocycles. The van der Waals surface area contributed by atoms with Gasteiger partial charge < -0.3 is 5.32 Å². The number of carbonyl (C=O) groups excluding carboxylic acids is 1. The highest BCUT2D eigenvalue weighted by Crippen LogP contribution is 2.19. The largest absolute Gasteiger partial charge is 0.319 e. The van der Waals surface area contributed by atoms with Crippen molar-refractivity contribution in [1.82, 2.24) is 4.98 Å². The predicted molar refractivity (Wildman–Crippen MR) is 58.5 cm³/mol. The van der Waals surface area contributed by atoms with Crippen LogP contribution in [0.4, 0.5) is 23.2 Å². The number of anilines is 1. The average Bonchev–Trinajstić information content (AvgIpc) is 2.35. The average molecular weight is 270 g/mol. The van der Waals surface area contributed by atoms with Crippen molar-refractivity contribution in [3.05, 3.63) is 59.4 Å². The highest BCUT2D eigenvalue weighted by atomic mass is 19.2. The quantitative estimate of drug-likeness (QED) is 0.518. The molecule has 2 rings (SSSR count). The Bertz CT molecular complexity index is 646. The van der Waals surface area contributed by atoms with E-state index in [1.165, 1.54) is 6.07 Å². The molecule has 3 nitrogen and oxygen atoms in total. The lowest BCUT2D eigenvalue weighted by Crippen LogP contribution is -2.14. The summed E-state index contributed by atoms with van der Waals surface area (Å²) in [6.45, 7) is 0. The van der Waals surface area contributed by atoms with Gasteiger partial charge in [0.1, 0.15) is 5.82 Å². The summed E-state index contributed by atoms with van der Waals surface area (Å²) in [5.41, 5.74) is -0.823. The fourth-order valence-corrected chi connectivity index (χ4v) is 1.39. The Balaban J connectivity index is 2.29. The van der Waals surface area contributed by atoms with E-state index >= 15 is 0 Å². The first-order valence-corrected chi connectivity index (χ1v) is 5.05. The second-order valence-corrected chi connectivity index (χ2v) is 3.57. The number of pyridine rings is 1. The molecular formula is C12H6F4N2O. The Hall–Kier alpha value is -2.44. The van der Waals surface area contributed by atoms with Crippen LogP contribution < -0.4 is 5.32 Å². The van der Waals surface area contributed by atoms with E-state index in [0.717, 1.165) is 12.3 Å². The Kier molecular flexibility index (Phi) is 3.46. The maximum absolute atomic E-state index is 13.3. The van der Waals surface area contributed by atoms with Crippen LogP contribution in [0.5, 0.6) is 0 Å². The topological polar surface area (TPSA) is 42.0 Å². The van der Waals surface area contributed by atoms with Gasteiger partial charge in [-0.3, -0.25) is 4.79 Å². The third-order valence-electron chi connectivity index (χ3n) is 2.23. The highest BCUT2D eigenvalue weighted by Gasteiger charge is 2.15. The number of aromatic nitrogens is 1. The number of hydrogen-bond donors (Lipinski definition) is 1. The number of nitrogens with zero attached hydrogens (tertiary/aromatic N) is 1. The van der Waals surface area contributed by atoms with Gasteiger partial charge in [0.2, 0.25) is 5.95 Å². The molecule has 1 amide bonds. The maximum Gasteiger partial charge on any atom is 0.255 e. The molecular weight excluding hydrogens is 264 g/mol. The first kappa shape index (κ1) is 13.0. The molecule has 0 radical (unpaired) electrons. The third kappa shape index (κ3) is 2.87. The minimum atomic E-state index is -1.43. The number of amides is 1. The standard InChI is InChI=1S/C12H6F4N2O/c13-7-4-8(14)11(16)9(5-7)18-12(19)6-1-2-17-10(15)3-6/h1-5H,(H,18,19). The lowest BCUT2D eigenvalue weighted by atomic mass is 10.2. The van der Waals surface area contributed by atoms with E-state index in [4.69, 9.17) is 0 Å². The molecule has 0 unspecified atom stereocenters. The van der Waals surface area contributed by atoms with Gasteiger partial charge in [0.05, 0.1) is 5.69 Å². The smallest absolute Gasteiger partial charge is 0.255 e. The zero-order valence-corrected chi connectivity index (χ0v) is 9.25. The van der Waals surface area contributed by atoms with Gasteiger partial charge in [-0.15, -0.1) is 0 Å². The van der Waals surface area contributed by atoms with Gasteiger partial charge in [0.25, 0.3) is 5.91 Å². The number of nitrogens with one attached hydrogen (secondary N) is 1. The van der Waals surface area contributed by atoms with Crippen molar-refractivity contribution in [2.45, 2.75) is 0 Å². The van der Waals surface area contributed by atoms with Gasteiger partial charge in [0, 0.05) is 30.0 Å². The Labute approximate surface area is 104 Å². The molecule has 7 heteroatoms. The van der Waals surface area contributed by atoms with Gasteiger partial charge in [-0.05, 0) is 6.07 Å². The molecule has 1 N–H and O–H groups in total. The molecule has 0 saturated heterocycles. The second kappa shape index (κ2) is 5.05. The monoisotopic (exact) mass is 270 g/mol. The van der Waals surface area contributed by atoms with Crippen LogP contribution in [0.3, 0.4) is 0 Å². The van der Waals surface area contributed by atoms with Crippen LogP contribution in [0.1, 0.15) is 10.4 Å². The summed E-state index contributed by atoms with van der Waals surface area (Å²) >= 11 is 0. The lowest BCUT2D eigenvalue weighted by Gasteiger charge is -2.07. The number of hydrogen-bond acceptors (Lipinski definition) is 2. The summed E-state index contributed by atoms with van der Waals surface area (Å²) < 4.78 is 51.9. The molecule has 0 saturated carbocycles. The Morgan fingerprint density at radius 3 is 2.53 bits per heavy atom. The van der Waals surface area contributed by atoms with E-state index in [1.54, 1.807) is 0 Å². The lowest BCUT2D eigenvalue weighted by molar-refractivity contribution is 0.102. The molecule has 0 atom stereocenters. The molecule has 0 aliphatic carbocycles. The molecule has 2 aromatic rings. The van der Waals surface area contributed by atoms with Crippen molar-refractivity contribution < 1.29 is 22.4 Å². The highest BCUT2D eigenvalue weighted by molar-refractivity contribution is 6.04. The van der Waals surface area contributed by atoms with E-state index < -0.39 is 35.0 Å². The summed E-state index contributed by atoms with van der Waals surface area (Å²) in [5, 5.41) is 1.95. The third-order valence-corrected chi connectivity index (χ3v) is 2.23. The molecule has 1 aromatic heterocycles. The van der Waals surface area contributed by atoms with Crippen LogP contribution in [0.25, 0.3) is 0 Å². The molecule has 0 bridgehead atoms. The molecule has 19 heavy (non-hydrogen) atoms. The van der Waals surface area contributed by atoms with Crippen LogP contribution in [0.2, 0.25) is 0 Å². The van der Waals surface area contributed by atoms with E-state index in [2.05, 4.69) is 4.98 Å². The normalized spacial score (nSPS) is 10.3. The molecule has 1 aromatic carbocycles. The molecule has 0 fully saturated rings. The van der Waals surface area contributed by atoms with E-state index in [9.17, 15) is 22.4 Å². The van der Waals surface area contributed by atoms with Crippen molar-refractivity contribution in [1.29, 1.82) is 0 Å². The van der Waals surface area contributed by atoms with E-state index in [-0.39, 0.29) is 5.56 Å². The van der Waals surface area contributed by atoms with E-state index in [1.807, 2.05) is 5.32 Å². The van der Waals surface area contributed by atoms with Crippen molar-refractivity contribution >= 4 is 11.6 Å². The first-order valence-electron chi connectivity index (χ1n) is 5.05. The van der Waals surface area contributed by atoms with Gasteiger partial charge in [0.15, 0.2) is 11.6 Å². The molecule has 0 aliphatic heterocycles. The van der Waals surface area contributed by atoms with Crippen molar-refractivity contribution in [2.75, 3.05) is 5.32 Å². The Morgan fingerprint density at radius 2 is 1.84 bits per heavy atom. The zero-order chi connectivity index (χ0) is 14.0. The molecule has 0 aliphatic rings. The zero-order valence-electron chi connectivity index (χ0n) is 9.25. The van der Waals surface area contributed by atoms with E-state index in [0.29, 0.717) is 12.1 Å². The van der Waals surface area contributed by atoms with Gasteiger partial charge in [-0.2, -0.15) is 4.39 Å². The predicted octanol–water partition coefficient (Wildman–Crippen LogP) is 2.89. The summed E-state index contributed by atoms with van der Waals surface area (Å²) in [6.07, 6.45) is 1.03. The van der Waals surface area contributed by atoms with Crippen LogP contribution in [-0.4, -0.2) is 10.9 Å². The SMILES string of the molecule is O=C(Nc1cc(F)cc(F)c1F)c1ccnc(F)c1. The fraction of sp³-hybridized carbons (Fsp3) is 0. The summed E-state index contributed by atoms with van der Waals surface area (Å²) in [5.74, 6) is -5.70. The summed E-state index contributed by atoms with van der Waals surface area (Å²) in [7, 11) is 0. The number of benzene rings is 1. The van der Waals surface area contributed by atoms with Gasteiger partial charge in [-0.1, -0.05) is 0 Å². The van der Waals surface area contributed by atoms with Crippen LogP contribution in [0, 0.1) is 23.4 Å². The minimum absolute atomic E-state index is 0.156. The van der Waals surface area contributed by atoms with Crippen LogP contribution in [0.15, 0.2) is 30.5 Å². The second-order valence-electron chi connectivity index (χ2n) is 3.57. The number of rotatable bonds is 2. The van der Waals surface area contributed by atoms with Crippen molar-refractivity contribution in [2.24, 2.45) is 0 Å². The minimum Gasteiger partial charge on any atom is -0.319 e. The van der Waals surface area contributed by atoms with Gasteiger partial charge >= 0.3 is 0 Å². The van der Waals surface area contributed by atoms with Crippen molar-refractivity contribution in [3.63, 3.8) is 0 Å². The van der Waals surface area contributed by atoms with Crippen LogP contribution >= 0.6 is 0 Å². The van der Waals surface area contributed by atoms with Gasteiger partial charge in [-0.25, -0.2) is 18.2 Å². The maximum atomic E-state index is 13.3. The molecule has 0 spiro atoms. The fourth-order valence-electron chi connectivity index (χ4n) is 1.39.